The second kappa shape index (κ2) is 8.29. The summed E-state index contributed by atoms with van der Waals surface area (Å²) < 4.78 is 37.3. The molecule has 0 bridgehead atoms. The van der Waals surface area contributed by atoms with Gasteiger partial charge in [-0.05, 0) is 24.5 Å². The average Bonchev–Trinajstić information content (AvgIpc) is 2.68. The van der Waals surface area contributed by atoms with Gasteiger partial charge in [0.2, 0.25) is 21.8 Å². The van der Waals surface area contributed by atoms with Crippen LogP contribution in [0.4, 0.5) is 0 Å². The number of aromatic nitrogens is 2. The highest BCUT2D eigenvalue weighted by atomic mass is 32.2. The van der Waals surface area contributed by atoms with Crippen molar-refractivity contribution in [1.82, 2.24) is 14.5 Å². The van der Waals surface area contributed by atoms with Crippen LogP contribution in [0.3, 0.4) is 0 Å². The molecule has 0 spiro atoms. The van der Waals surface area contributed by atoms with E-state index < -0.39 is 10.0 Å². The number of benzene rings is 1. The molecule has 1 atom stereocenters. The molecule has 1 aliphatic heterocycles. The molecular weight excluding hydrogens is 354 g/mol. The van der Waals surface area contributed by atoms with Crippen LogP contribution >= 0.6 is 0 Å². The van der Waals surface area contributed by atoms with E-state index in [-0.39, 0.29) is 12.6 Å². The summed E-state index contributed by atoms with van der Waals surface area (Å²) in [5.41, 5.74) is 0.842. The molecule has 1 aromatic carbocycles. The molecule has 0 N–H and O–H groups in total. The third kappa shape index (κ3) is 4.80. The average molecular weight is 375 g/mol. The summed E-state index contributed by atoms with van der Waals surface area (Å²) in [7, 11) is -1.99. The molecule has 0 aliphatic carbocycles. The molecule has 8 heteroatoms. The molecule has 0 radical (unpaired) electrons. The number of rotatable bonds is 6. The molecule has 26 heavy (non-hydrogen) atoms. The molecule has 0 saturated carbocycles. The highest BCUT2D eigenvalue weighted by molar-refractivity contribution is 7.92. The Morgan fingerprint density at radius 3 is 2.54 bits per heavy atom. The Balaban J connectivity index is 1.64. The quantitative estimate of drug-likeness (QED) is 0.771. The molecule has 7 nitrogen and oxygen atoms in total. The standard InChI is InChI=1S/C18H21N3O4S/c1-24-17-9-10-18(20-19-17)25-16-8-5-12-21(14-16)26(22,23)13-11-15-6-3-2-4-7-15/h2-4,6-7,9-11,13,16H,5,8,12,14H2,1H3/b13-11+. The summed E-state index contributed by atoms with van der Waals surface area (Å²) in [5, 5.41) is 9.03. The van der Waals surface area contributed by atoms with E-state index in [2.05, 4.69) is 10.2 Å². The maximum absolute atomic E-state index is 12.6. The Kier molecular flexibility index (Phi) is 5.85. The third-order valence-electron chi connectivity index (χ3n) is 4.04. The molecule has 1 saturated heterocycles. The molecule has 1 fully saturated rings. The van der Waals surface area contributed by atoms with Crippen molar-refractivity contribution in [2.24, 2.45) is 0 Å². The predicted molar refractivity (Wildman–Crippen MR) is 98.2 cm³/mol. The molecule has 0 amide bonds. The summed E-state index contributed by atoms with van der Waals surface area (Å²) in [5.74, 6) is 0.756. The second-order valence-corrected chi connectivity index (χ2v) is 7.73. The fraction of sp³-hybridized carbons (Fsp3) is 0.333. The second-order valence-electron chi connectivity index (χ2n) is 5.91. The van der Waals surface area contributed by atoms with Gasteiger partial charge in [-0.15, -0.1) is 10.2 Å². The normalized spacial score (nSPS) is 18.7. The van der Waals surface area contributed by atoms with Crippen LogP contribution in [0.25, 0.3) is 6.08 Å². The lowest BCUT2D eigenvalue weighted by Crippen LogP contribution is -2.43. The number of methoxy groups -OCH3 is 1. The van der Waals surface area contributed by atoms with Gasteiger partial charge in [0.15, 0.2) is 0 Å². The van der Waals surface area contributed by atoms with Crippen molar-refractivity contribution in [3.63, 3.8) is 0 Å². The SMILES string of the molecule is COc1ccc(OC2CCCN(S(=O)(=O)/C=C/c3ccccc3)C2)nn1. The minimum atomic E-state index is -3.50. The zero-order valence-electron chi connectivity index (χ0n) is 14.5. The van der Waals surface area contributed by atoms with E-state index in [4.69, 9.17) is 9.47 Å². The summed E-state index contributed by atoms with van der Waals surface area (Å²) >= 11 is 0. The fourth-order valence-electron chi connectivity index (χ4n) is 2.70. The van der Waals surface area contributed by atoms with Crippen LogP contribution in [0.15, 0.2) is 47.9 Å². The molecule has 138 valence electrons. The van der Waals surface area contributed by atoms with Crippen molar-refractivity contribution in [2.75, 3.05) is 20.2 Å². The van der Waals surface area contributed by atoms with Gasteiger partial charge in [-0.3, -0.25) is 0 Å². The molecule has 3 rings (SSSR count). The van der Waals surface area contributed by atoms with Crippen LogP contribution in [0, 0.1) is 0 Å². The Morgan fingerprint density at radius 1 is 1.12 bits per heavy atom. The van der Waals surface area contributed by atoms with Crippen LogP contribution in [-0.4, -0.2) is 49.2 Å². The van der Waals surface area contributed by atoms with Gasteiger partial charge in [-0.25, -0.2) is 8.42 Å². The van der Waals surface area contributed by atoms with Crippen molar-refractivity contribution >= 4 is 16.1 Å². The number of nitrogens with zero attached hydrogens (tertiary/aromatic N) is 3. The van der Waals surface area contributed by atoms with Crippen LogP contribution in [0.2, 0.25) is 0 Å². The van der Waals surface area contributed by atoms with Gasteiger partial charge in [-0.2, -0.15) is 4.31 Å². The van der Waals surface area contributed by atoms with Gasteiger partial charge >= 0.3 is 0 Å². The molecule has 1 unspecified atom stereocenters. The van der Waals surface area contributed by atoms with Gasteiger partial charge in [0, 0.05) is 24.1 Å². The number of sulfonamides is 1. The lowest BCUT2D eigenvalue weighted by molar-refractivity contribution is 0.124. The largest absolute Gasteiger partial charge is 0.480 e. The van der Waals surface area contributed by atoms with E-state index in [1.807, 2.05) is 30.3 Å². The fourth-order valence-corrected chi connectivity index (χ4v) is 3.96. The highest BCUT2D eigenvalue weighted by Gasteiger charge is 2.28. The maximum atomic E-state index is 12.6. The van der Waals surface area contributed by atoms with Crippen molar-refractivity contribution < 1.29 is 17.9 Å². The first-order valence-electron chi connectivity index (χ1n) is 8.34. The Labute approximate surface area is 153 Å². The first kappa shape index (κ1) is 18.3. The summed E-state index contributed by atoms with van der Waals surface area (Å²) in [6.07, 6.45) is 2.84. The van der Waals surface area contributed by atoms with Gasteiger partial charge in [-0.1, -0.05) is 30.3 Å². The first-order chi connectivity index (χ1) is 12.6. The number of ether oxygens (including phenoxy) is 2. The van der Waals surface area contributed by atoms with Gasteiger partial charge in [0.05, 0.1) is 13.7 Å². The Bertz CT molecular complexity index is 838. The minimum absolute atomic E-state index is 0.258. The van der Waals surface area contributed by atoms with E-state index in [9.17, 15) is 8.42 Å². The zero-order chi connectivity index (χ0) is 18.4. The Morgan fingerprint density at radius 2 is 1.85 bits per heavy atom. The number of hydrogen-bond donors (Lipinski definition) is 0. The first-order valence-corrected chi connectivity index (χ1v) is 9.85. The third-order valence-corrected chi connectivity index (χ3v) is 5.58. The van der Waals surface area contributed by atoms with E-state index in [0.717, 1.165) is 18.4 Å². The topological polar surface area (TPSA) is 81.6 Å². The molecule has 1 aromatic heterocycles. The van der Waals surface area contributed by atoms with Crippen LogP contribution < -0.4 is 9.47 Å². The monoisotopic (exact) mass is 375 g/mol. The summed E-state index contributed by atoms with van der Waals surface area (Å²) in [6, 6.07) is 12.7. The predicted octanol–water partition coefficient (Wildman–Crippen LogP) is 2.33. The molecular formula is C18H21N3O4S. The zero-order valence-corrected chi connectivity index (χ0v) is 15.3. The van der Waals surface area contributed by atoms with Gasteiger partial charge in [0.25, 0.3) is 0 Å². The van der Waals surface area contributed by atoms with Gasteiger partial charge in [0.1, 0.15) is 6.10 Å². The van der Waals surface area contributed by atoms with Crippen LogP contribution in [0.1, 0.15) is 18.4 Å². The van der Waals surface area contributed by atoms with Crippen molar-refractivity contribution in [3.05, 3.63) is 53.4 Å². The molecule has 1 aliphatic rings. The lowest BCUT2D eigenvalue weighted by atomic mass is 10.1. The van der Waals surface area contributed by atoms with E-state index in [0.29, 0.717) is 18.3 Å². The van der Waals surface area contributed by atoms with E-state index in [1.54, 1.807) is 18.2 Å². The van der Waals surface area contributed by atoms with Gasteiger partial charge < -0.3 is 9.47 Å². The van der Waals surface area contributed by atoms with E-state index in [1.165, 1.54) is 16.8 Å². The highest BCUT2D eigenvalue weighted by Crippen LogP contribution is 2.20. The van der Waals surface area contributed by atoms with Crippen molar-refractivity contribution in [3.8, 4) is 11.8 Å². The van der Waals surface area contributed by atoms with Crippen molar-refractivity contribution in [2.45, 2.75) is 18.9 Å². The smallest absolute Gasteiger partial charge is 0.236 e. The Hall–Kier alpha value is -2.45. The molecule has 2 heterocycles. The molecule has 2 aromatic rings. The minimum Gasteiger partial charge on any atom is -0.480 e. The summed E-state index contributed by atoms with van der Waals surface area (Å²) in [6.45, 7) is 0.769. The summed E-state index contributed by atoms with van der Waals surface area (Å²) in [4.78, 5) is 0. The lowest BCUT2D eigenvalue weighted by Gasteiger charge is -2.30. The van der Waals surface area contributed by atoms with E-state index >= 15 is 0 Å². The van der Waals surface area contributed by atoms with Crippen LogP contribution in [-0.2, 0) is 10.0 Å². The number of hydrogen-bond acceptors (Lipinski definition) is 6. The van der Waals surface area contributed by atoms with Crippen LogP contribution in [0.5, 0.6) is 11.8 Å². The maximum Gasteiger partial charge on any atom is 0.236 e. The number of piperidine rings is 1. The van der Waals surface area contributed by atoms with Crippen molar-refractivity contribution in [1.29, 1.82) is 0 Å².